The number of hydrogen-bond acceptors (Lipinski definition) is 2. The highest BCUT2D eigenvalue weighted by Crippen LogP contribution is 2.34. The molecular formula is C10H12ClF2NO. The molecule has 15 heavy (non-hydrogen) atoms. The van der Waals surface area contributed by atoms with Crippen molar-refractivity contribution in [2.45, 2.75) is 12.5 Å². The van der Waals surface area contributed by atoms with Gasteiger partial charge in [-0.1, -0.05) is 0 Å². The van der Waals surface area contributed by atoms with Crippen LogP contribution in [0.5, 0.6) is 5.75 Å². The van der Waals surface area contributed by atoms with E-state index in [-0.39, 0.29) is 24.5 Å². The van der Waals surface area contributed by atoms with Crippen molar-refractivity contribution in [1.82, 2.24) is 5.32 Å². The van der Waals surface area contributed by atoms with Crippen LogP contribution >= 0.6 is 12.4 Å². The fourth-order valence-electron chi connectivity index (χ4n) is 1.65. The molecule has 1 heterocycles. The molecule has 84 valence electrons. The standard InChI is InChI=1S/C10H11F2NO.ClH/c1-14-8-2-3-9-7(4-8)5-13-6-10(9,11)12;/h2-4,13H,5-6H2,1H3;1H. The maximum absolute atomic E-state index is 13.3. The van der Waals surface area contributed by atoms with Crippen molar-refractivity contribution in [2.75, 3.05) is 13.7 Å². The highest BCUT2D eigenvalue weighted by atomic mass is 35.5. The Morgan fingerprint density at radius 1 is 1.40 bits per heavy atom. The van der Waals surface area contributed by atoms with Gasteiger partial charge in [-0.2, -0.15) is 8.78 Å². The van der Waals surface area contributed by atoms with Crippen molar-refractivity contribution in [2.24, 2.45) is 0 Å². The lowest BCUT2D eigenvalue weighted by molar-refractivity contribution is -0.0108. The van der Waals surface area contributed by atoms with Gasteiger partial charge < -0.3 is 10.1 Å². The van der Waals surface area contributed by atoms with Gasteiger partial charge in [-0.05, 0) is 23.8 Å². The minimum absolute atomic E-state index is 0. The molecule has 1 aliphatic rings. The van der Waals surface area contributed by atoms with Gasteiger partial charge in [0, 0.05) is 12.1 Å². The van der Waals surface area contributed by atoms with Gasteiger partial charge in [-0.15, -0.1) is 12.4 Å². The van der Waals surface area contributed by atoms with Crippen LogP contribution in [-0.4, -0.2) is 13.7 Å². The van der Waals surface area contributed by atoms with E-state index in [1.807, 2.05) is 0 Å². The summed E-state index contributed by atoms with van der Waals surface area (Å²) in [5.41, 5.74) is 0.720. The van der Waals surface area contributed by atoms with Gasteiger partial charge in [0.2, 0.25) is 0 Å². The first-order valence-electron chi connectivity index (χ1n) is 4.39. The zero-order chi connectivity index (χ0) is 10.2. The fraction of sp³-hybridized carbons (Fsp3) is 0.400. The number of halogens is 3. The summed E-state index contributed by atoms with van der Waals surface area (Å²) in [6.45, 7) is 0.189. The molecule has 0 atom stereocenters. The van der Waals surface area contributed by atoms with Gasteiger partial charge in [-0.3, -0.25) is 0 Å². The summed E-state index contributed by atoms with van der Waals surface area (Å²) in [7, 11) is 1.52. The van der Waals surface area contributed by atoms with Gasteiger partial charge in [0.15, 0.2) is 0 Å². The Bertz CT molecular complexity index is 357. The first-order valence-corrected chi connectivity index (χ1v) is 4.39. The van der Waals surface area contributed by atoms with Crippen LogP contribution < -0.4 is 10.1 Å². The Hall–Kier alpha value is -0.870. The smallest absolute Gasteiger partial charge is 0.285 e. The third-order valence-corrected chi connectivity index (χ3v) is 2.37. The lowest BCUT2D eigenvalue weighted by atomic mass is 9.98. The Labute approximate surface area is 93.0 Å². The van der Waals surface area contributed by atoms with E-state index in [1.165, 1.54) is 13.2 Å². The molecule has 1 aromatic carbocycles. The van der Waals surface area contributed by atoms with Crippen LogP contribution in [0.25, 0.3) is 0 Å². The first kappa shape index (κ1) is 12.2. The second-order valence-electron chi connectivity index (χ2n) is 3.33. The van der Waals surface area contributed by atoms with E-state index in [0.29, 0.717) is 17.9 Å². The molecule has 5 heteroatoms. The van der Waals surface area contributed by atoms with Gasteiger partial charge in [-0.25, -0.2) is 0 Å². The topological polar surface area (TPSA) is 21.3 Å². The molecule has 1 N–H and O–H groups in total. The Balaban J connectivity index is 0.00000112. The SMILES string of the molecule is COc1ccc2c(c1)CNCC2(F)F.Cl. The first-order chi connectivity index (χ1) is 6.63. The highest BCUT2D eigenvalue weighted by Gasteiger charge is 2.36. The molecular weight excluding hydrogens is 224 g/mol. The van der Waals surface area contributed by atoms with E-state index in [4.69, 9.17) is 4.74 Å². The van der Waals surface area contributed by atoms with Crippen molar-refractivity contribution < 1.29 is 13.5 Å². The second-order valence-corrected chi connectivity index (χ2v) is 3.33. The summed E-state index contributed by atoms with van der Waals surface area (Å²) >= 11 is 0. The number of methoxy groups -OCH3 is 1. The molecule has 0 bridgehead atoms. The summed E-state index contributed by atoms with van der Waals surface area (Å²) in [4.78, 5) is 0. The third kappa shape index (κ3) is 2.21. The van der Waals surface area contributed by atoms with Crippen molar-refractivity contribution in [3.63, 3.8) is 0 Å². The minimum atomic E-state index is -2.76. The fourth-order valence-corrected chi connectivity index (χ4v) is 1.65. The molecule has 2 rings (SSSR count). The molecule has 0 saturated heterocycles. The number of nitrogens with one attached hydrogen (secondary N) is 1. The van der Waals surface area contributed by atoms with E-state index in [0.717, 1.165) is 0 Å². The zero-order valence-electron chi connectivity index (χ0n) is 8.22. The van der Waals surface area contributed by atoms with Crippen LogP contribution in [0, 0.1) is 0 Å². The molecule has 0 spiro atoms. The van der Waals surface area contributed by atoms with Gasteiger partial charge in [0.1, 0.15) is 5.75 Å². The van der Waals surface area contributed by atoms with Gasteiger partial charge in [0.05, 0.1) is 13.7 Å². The quantitative estimate of drug-likeness (QED) is 0.807. The molecule has 1 aliphatic heterocycles. The maximum atomic E-state index is 13.3. The average Bonchev–Trinajstić information content (AvgIpc) is 2.16. The molecule has 0 saturated carbocycles. The normalized spacial score (nSPS) is 17.5. The van der Waals surface area contributed by atoms with E-state index in [1.54, 1.807) is 12.1 Å². The second kappa shape index (κ2) is 4.33. The molecule has 2 nitrogen and oxygen atoms in total. The largest absolute Gasteiger partial charge is 0.497 e. The summed E-state index contributed by atoms with van der Waals surface area (Å²) < 4.78 is 31.6. The maximum Gasteiger partial charge on any atom is 0.285 e. The molecule has 0 aliphatic carbocycles. The summed E-state index contributed by atoms with van der Waals surface area (Å²) in [6, 6.07) is 4.66. The predicted molar refractivity (Wildman–Crippen MR) is 55.8 cm³/mol. The van der Waals surface area contributed by atoms with Crippen LogP contribution in [0.1, 0.15) is 11.1 Å². The molecule has 0 fully saturated rings. The monoisotopic (exact) mass is 235 g/mol. The zero-order valence-corrected chi connectivity index (χ0v) is 9.04. The summed E-state index contributed by atoms with van der Waals surface area (Å²) in [6.07, 6.45) is 0. The Morgan fingerprint density at radius 3 is 2.80 bits per heavy atom. The number of rotatable bonds is 1. The van der Waals surface area contributed by atoms with E-state index < -0.39 is 5.92 Å². The average molecular weight is 236 g/mol. The summed E-state index contributed by atoms with van der Waals surface area (Å²) in [5, 5.41) is 2.68. The van der Waals surface area contributed by atoms with Gasteiger partial charge in [0.25, 0.3) is 5.92 Å². The third-order valence-electron chi connectivity index (χ3n) is 2.37. The van der Waals surface area contributed by atoms with E-state index >= 15 is 0 Å². The lowest BCUT2D eigenvalue weighted by Gasteiger charge is -2.26. The predicted octanol–water partition coefficient (Wildman–Crippen LogP) is 2.31. The number of alkyl halides is 2. The molecule has 0 unspecified atom stereocenters. The minimum Gasteiger partial charge on any atom is -0.497 e. The van der Waals surface area contributed by atoms with E-state index in [2.05, 4.69) is 5.32 Å². The van der Waals surface area contributed by atoms with Crippen LogP contribution in [0.3, 0.4) is 0 Å². The van der Waals surface area contributed by atoms with Crippen LogP contribution in [-0.2, 0) is 12.5 Å². The van der Waals surface area contributed by atoms with Crippen molar-refractivity contribution in [3.8, 4) is 5.75 Å². The Morgan fingerprint density at radius 2 is 2.13 bits per heavy atom. The number of ether oxygens (including phenoxy) is 1. The van der Waals surface area contributed by atoms with Crippen molar-refractivity contribution >= 4 is 12.4 Å². The molecule has 1 aromatic rings. The number of benzene rings is 1. The Kier molecular flexibility index (Phi) is 3.52. The summed E-state index contributed by atoms with van der Waals surface area (Å²) in [5.74, 6) is -2.15. The van der Waals surface area contributed by atoms with Crippen molar-refractivity contribution in [3.05, 3.63) is 29.3 Å². The molecule has 0 amide bonds. The molecule has 0 aromatic heterocycles. The van der Waals surface area contributed by atoms with Crippen molar-refractivity contribution in [1.29, 1.82) is 0 Å². The van der Waals surface area contributed by atoms with Gasteiger partial charge >= 0.3 is 0 Å². The van der Waals surface area contributed by atoms with Crippen LogP contribution in [0.15, 0.2) is 18.2 Å². The van der Waals surface area contributed by atoms with E-state index in [9.17, 15) is 8.78 Å². The number of fused-ring (bicyclic) bond motifs is 1. The molecule has 0 radical (unpaired) electrons. The van der Waals surface area contributed by atoms with Crippen LogP contribution in [0.4, 0.5) is 8.78 Å². The van der Waals surface area contributed by atoms with Crippen LogP contribution in [0.2, 0.25) is 0 Å². The number of hydrogen-bond donors (Lipinski definition) is 1. The lowest BCUT2D eigenvalue weighted by Crippen LogP contribution is -2.36. The highest BCUT2D eigenvalue weighted by molar-refractivity contribution is 5.85.